The zero-order valence-electron chi connectivity index (χ0n) is 24.1. The highest BCUT2D eigenvalue weighted by Crippen LogP contribution is 2.53. The van der Waals surface area contributed by atoms with Crippen LogP contribution in [0, 0.1) is 11.3 Å². The van der Waals surface area contributed by atoms with Gasteiger partial charge in [-0.25, -0.2) is 8.42 Å². The molecule has 2 amide bonds. The van der Waals surface area contributed by atoms with E-state index in [0.717, 1.165) is 11.1 Å². The summed E-state index contributed by atoms with van der Waals surface area (Å²) in [6, 6.07) is 13.4. The number of carbonyl (C=O) groups excluding carboxylic acids is 2. The van der Waals surface area contributed by atoms with Crippen molar-refractivity contribution in [3.05, 3.63) is 81.2 Å². The highest BCUT2D eigenvalue weighted by atomic mass is 35.5. The number of amides is 2. The van der Waals surface area contributed by atoms with E-state index in [1.165, 1.54) is 0 Å². The summed E-state index contributed by atoms with van der Waals surface area (Å²) in [6.07, 6.45) is 0.329. The second-order valence-corrected chi connectivity index (χ2v) is 14.9. The Hall–Kier alpha value is -2.35. The summed E-state index contributed by atoms with van der Waals surface area (Å²) in [5.41, 5.74) is 0.597. The Morgan fingerprint density at radius 2 is 1.70 bits per heavy atom. The lowest BCUT2D eigenvalue weighted by atomic mass is 9.66. The van der Waals surface area contributed by atoms with E-state index in [1.54, 1.807) is 43.9 Å². The van der Waals surface area contributed by atoms with E-state index in [4.69, 9.17) is 23.2 Å². The van der Waals surface area contributed by atoms with E-state index in [0.29, 0.717) is 23.0 Å². The van der Waals surface area contributed by atoms with Gasteiger partial charge in [0.15, 0.2) is 9.84 Å². The van der Waals surface area contributed by atoms with E-state index in [-0.39, 0.29) is 35.0 Å². The van der Waals surface area contributed by atoms with Crippen molar-refractivity contribution >= 4 is 44.9 Å². The van der Waals surface area contributed by atoms with Crippen molar-refractivity contribution in [2.45, 2.75) is 77.6 Å². The SMILES string of the molecule is C=C([C@H](C(C)C)N1C(=O)[C@@](C)(CC(=O)NCC)C[C@H](c2cccc(Cl)c2)[C@H]1c1ccc(Cl)cc1)S(=O)(=O)C(C)C. The van der Waals surface area contributed by atoms with Gasteiger partial charge in [0.1, 0.15) is 0 Å². The van der Waals surface area contributed by atoms with Crippen LogP contribution < -0.4 is 5.32 Å². The summed E-state index contributed by atoms with van der Waals surface area (Å²) < 4.78 is 27.0. The van der Waals surface area contributed by atoms with Crippen LogP contribution in [-0.2, 0) is 19.4 Å². The monoisotopic (exact) mass is 606 g/mol. The van der Waals surface area contributed by atoms with Crippen LogP contribution in [0.2, 0.25) is 10.0 Å². The second-order valence-electron chi connectivity index (χ2n) is 11.5. The maximum Gasteiger partial charge on any atom is 0.230 e. The summed E-state index contributed by atoms with van der Waals surface area (Å²) in [7, 11) is -3.77. The number of hydrogen-bond acceptors (Lipinski definition) is 4. The third-order valence-electron chi connectivity index (χ3n) is 7.76. The van der Waals surface area contributed by atoms with Crippen molar-refractivity contribution in [1.82, 2.24) is 10.2 Å². The lowest BCUT2D eigenvalue weighted by molar-refractivity contribution is -0.157. The number of benzene rings is 2. The Morgan fingerprint density at radius 1 is 1.07 bits per heavy atom. The number of piperidine rings is 1. The van der Waals surface area contributed by atoms with Crippen LogP contribution in [0.1, 0.15) is 77.5 Å². The van der Waals surface area contributed by atoms with Gasteiger partial charge in [0.2, 0.25) is 11.8 Å². The minimum Gasteiger partial charge on any atom is -0.356 e. The molecule has 40 heavy (non-hydrogen) atoms. The van der Waals surface area contributed by atoms with Crippen LogP contribution in [0.5, 0.6) is 0 Å². The Balaban J connectivity index is 2.35. The molecule has 0 radical (unpaired) electrons. The molecule has 0 aliphatic carbocycles. The number of sulfone groups is 1. The molecular weight excluding hydrogens is 567 g/mol. The van der Waals surface area contributed by atoms with Crippen molar-refractivity contribution in [3.63, 3.8) is 0 Å². The van der Waals surface area contributed by atoms with Crippen LogP contribution in [0.3, 0.4) is 0 Å². The van der Waals surface area contributed by atoms with Crippen molar-refractivity contribution in [1.29, 1.82) is 0 Å². The fraction of sp³-hybridized carbons (Fsp3) is 0.484. The predicted octanol–water partition coefficient (Wildman–Crippen LogP) is 6.94. The first kappa shape index (κ1) is 32.2. The Morgan fingerprint density at radius 3 is 2.23 bits per heavy atom. The van der Waals surface area contributed by atoms with Gasteiger partial charge in [-0.2, -0.15) is 0 Å². The van der Waals surface area contributed by atoms with Crippen LogP contribution >= 0.6 is 23.2 Å². The van der Waals surface area contributed by atoms with Gasteiger partial charge in [0.25, 0.3) is 0 Å². The average molecular weight is 608 g/mol. The van der Waals surface area contributed by atoms with Gasteiger partial charge in [-0.1, -0.05) is 74.8 Å². The summed E-state index contributed by atoms with van der Waals surface area (Å²) in [4.78, 5) is 29.3. The lowest BCUT2D eigenvalue weighted by Gasteiger charge is -2.53. The molecule has 0 bridgehead atoms. The Bertz CT molecular complexity index is 1360. The smallest absolute Gasteiger partial charge is 0.230 e. The van der Waals surface area contributed by atoms with Crippen molar-refractivity contribution in [2.24, 2.45) is 11.3 Å². The van der Waals surface area contributed by atoms with Gasteiger partial charge in [-0.3, -0.25) is 9.59 Å². The lowest BCUT2D eigenvalue weighted by Crippen LogP contribution is -2.58. The fourth-order valence-electron chi connectivity index (χ4n) is 5.79. The molecule has 0 saturated carbocycles. The first-order chi connectivity index (χ1) is 18.6. The first-order valence-electron chi connectivity index (χ1n) is 13.7. The van der Waals surface area contributed by atoms with Crippen LogP contribution in [0.25, 0.3) is 0 Å². The summed E-state index contributed by atoms with van der Waals surface area (Å²) in [5, 5.41) is 3.21. The Labute approximate surface area is 249 Å². The van der Waals surface area contributed by atoms with E-state index in [2.05, 4.69) is 11.9 Å². The molecule has 0 aromatic heterocycles. The van der Waals surface area contributed by atoms with Crippen molar-refractivity contribution in [3.8, 4) is 0 Å². The van der Waals surface area contributed by atoms with Crippen molar-refractivity contribution < 1.29 is 18.0 Å². The molecule has 1 saturated heterocycles. The molecule has 0 unspecified atom stereocenters. The van der Waals surface area contributed by atoms with Crippen LogP contribution in [0.15, 0.2) is 60.0 Å². The third-order valence-corrected chi connectivity index (χ3v) is 10.5. The average Bonchev–Trinajstić information content (AvgIpc) is 2.87. The molecule has 1 N–H and O–H groups in total. The van der Waals surface area contributed by atoms with Crippen LogP contribution in [-0.4, -0.2) is 43.0 Å². The van der Waals surface area contributed by atoms with Gasteiger partial charge < -0.3 is 10.2 Å². The number of likely N-dealkylation sites (tertiary alicyclic amines) is 1. The number of hydrogen-bond donors (Lipinski definition) is 1. The predicted molar refractivity (Wildman–Crippen MR) is 163 cm³/mol. The zero-order valence-corrected chi connectivity index (χ0v) is 26.4. The van der Waals surface area contributed by atoms with Gasteiger partial charge in [-0.05, 0) is 68.5 Å². The molecule has 3 rings (SSSR count). The topological polar surface area (TPSA) is 83.6 Å². The highest BCUT2D eigenvalue weighted by molar-refractivity contribution is 7.95. The molecular formula is C31H40Cl2N2O4S. The molecule has 218 valence electrons. The summed E-state index contributed by atoms with van der Waals surface area (Å²) in [5.74, 6) is -1.10. The number of rotatable bonds is 10. The molecule has 1 aliphatic rings. The normalized spacial score (nSPS) is 22.4. The van der Waals surface area contributed by atoms with Gasteiger partial charge in [0.05, 0.1) is 27.7 Å². The quantitative estimate of drug-likeness (QED) is 0.317. The van der Waals surface area contributed by atoms with E-state index in [1.807, 2.05) is 51.1 Å². The first-order valence-corrected chi connectivity index (χ1v) is 16.0. The van der Waals surface area contributed by atoms with Crippen molar-refractivity contribution in [2.75, 3.05) is 6.54 Å². The largest absolute Gasteiger partial charge is 0.356 e. The zero-order chi connectivity index (χ0) is 30.0. The molecule has 6 nitrogen and oxygen atoms in total. The number of nitrogens with zero attached hydrogens (tertiary/aromatic N) is 1. The third kappa shape index (κ3) is 6.58. The van der Waals surface area contributed by atoms with E-state index < -0.39 is 32.6 Å². The standard InChI is InChI=1S/C31H40Cl2N2O4S/c1-8-34-27(36)18-31(7)17-26(23-10-9-11-25(33)16-23)29(22-12-14-24(32)15-13-22)35(30(31)37)28(19(2)3)21(6)40(38,39)20(4)5/h9-16,19-20,26,28-29H,6,8,17-18H2,1-5,7H3,(H,34,36)/t26-,28+,29-,31-/m1/s1. The minimum atomic E-state index is -3.77. The fourth-order valence-corrected chi connectivity index (χ4v) is 7.44. The minimum absolute atomic E-state index is 0.00285. The highest BCUT2D eigenvalue weighted by Gasteiger charge is 2.54. The molecule has 4 atom stereocenters. The van der Waals surface area contributed by atoms with E-state index >= 15 is 0 Å². The van der Waals surface area contributed by atoms with Gasteiger partial charge in [0, 0.05) is 28.9 Å². The maximum absolute atomic E-state index is 14.7. The molecule has 1 aliphatic heterocycles. The molecule has 2 aromatic rings. The summed E-state index contributed by atoms with van der Waals surface area (Å²) >= 11 is 12.7. The molecule has 9 heteroatoms. The number of carbonyl (C=O) groups is 2. The molecule has 1 heterocycles. The summed E-state index contributed by atoms with van der Waals surface area (Å²) in [6.45, 7) is 15.1. The maximum atomic E-state index is 14.7. The molecule has 0 spiro atoms. The van der Waals surface area contributed by atoms with E-state index in [9.17, 15) is 18.0 Å². The Kier molecular flexibility index (Phi) is 10.2. The molecule has 2 aromatic carbocycles. The van der Waals surface area contributed by atoms with Gasteiger partial charge in [-0.15, -0.1) is 0 Å². The molecule has 1 fully saturated rings. The number of halogens is 2. The van der Waals surface area contributed by atoms with Gasteiger partial charge >= 0.3 is 0 Å². The second kappa shape index (κ2) is 12.7. The number of nitrogens with one attached hydrogen (secondary N) is 1. The van der Waals surface area contributed by atoms with Crippen LogP contribution in [0.4, 0.5) is 0 Å².